The molecule has 6 amide bonds. The Balaban J connectivity index is 1.27. The van der Waals surface area contributed by atoms with E-state index in [1.54, 1.807) is 26.8 Å². The number of aryl methyl sites for hydroxylation is 1. The van der Waals surface area contributed by atoms with Crippen molar-refractivity contribution in [1.29, 1.82) is 0 Å². The summed E-state index contributed by atoms with van der Waals surface area (Å²) >= 11 is 0. The summed E-state index contributed by atoms with van der Waals surface area (Å²) in [7, 11) is 0. The van der Waals surface area contributed by atoms with Crippen LogP contribution in [0.4, 0.5) is 37.6 Å². The number of carbonyl (C=O) groups is 5. The highest BCUT2D eigenvalue weighted by atomic mass is 19.4. The zero-order valence-electron chi connectivity index (χ0n) is 27.4. The van der Waals surface area contributed by atoms with Crippen molar-refractivity contribution in [2.24, 2.45) is 0 Å². The number of hydrogen-bond acceptors (Lipinski definition) is 7. The first-order valence-corrected chi connectivity index (χ1v) is 15.7. The molecular weight excluding hydrogens is 654 g/mol. The van der Waals surface area contributed by atoms with Crippen LogP contribution >= 0.6 is 0 Å². The van der Waals surface area contributed by atoms with Gasteiger partial charge >= 0.3 is 24.4 Å². The van der Waals surface area contributed by atoms with E-state index in [0.29, 0.717) is 46.1 Å². The highest BCUT2D eigenvalue weighted by Gasteiger charge is 2.58. The first-order chi connectivity index (χ1) is 22.9. The topological polar surface area (TPSA) is 129 Å². The maximum Gasteiger partial charge on any atom is 0.418 e. The van der Waals surface area contributed by atoms with E-state index in [-0.39, 0.29) is 25.1 Å². The summed E-state index contributed by atoms with van der Waals surface area (Å²) in [5.41, 5.74) is -0.956. The van der Waals surface area contributed by atoms with Gasteiger partial charge in [-0.05, 0) is 75.9 Å². The minimum Gasteiger partial charge on any atom is -0.444 e. The number of halogens is 4. The third-order valence-electron chi connectivity index (χ3n) is 8.57. The fraction of sp³-hybridized carbons (Fsp3) is 0.485. The van der Waals surface area contributed by atoms with Crippen LogP contribution in [0.25, 0.3) is 0 Å². The lowest BCUT2D eigenvalue weighted by molar-refractivity contribution is -0.187. The number of fused-ring (bicyclic) bond motifs is 2. The number of hydrogen-bond donors (Lipinski definition) is 1. The fourth-order valence-electron chi connectivity index (χ4n) is 6.00. The molecule has 264 valence electrons. The molecule has 2 heterocycles. The van der Waals surface area contributed by atoms with Crippen molar-refractivity contribution in [3.8, 4) is 0 Å². The van der Waals surface area contributed by atoms with Crippen LogP contribution in [0.5, 0.6) is 0 Å². The molecule has 2 atom stereocenters. The number of nitrogens with one attached hydrogen (secondary N) is 1. The molecule has 49 heavy (non-hydrogen) atoms. The Morgan fingerprint density at radius 1 is 1.04 bits per heavy atom. The second kappa shape index (κ2) is 13.2. The van der Waals surface area contributed by atoms with Crippen LogP contribution in [0.15, 0.2) is 42.5 Å². The maximum absolute atomic E-state index is 13.7. The van der Waals surface area contributed by atoms with E-state index in [4.69, 9.17) is 9.47 Å². The number of anilines is 1. The van der Waals surface area contributed by atoms with Crippen LogP contribution in [0.3, 0.4) is 0 Å². The standard InChI is InChI=1S/C33H37F4N5O7/c1-20(33(35,36)37)41(17-21-6-8-23(34)9-7-21)26(43)18-42-27(44)32(49-30(42)47)13-12-22-16-24(10-11-25(22)32)38-28(45)39-14-5-15-40(19-39)29(46)48-31(2,3)4/h6-11,16,20H,5,12-15,17-19H2,1-4H3,(H,38,45)/t20-,32+/m0/s1. The Hall–Kier alpha value is -4.89. The lowest BCUT2D eigenvalue weighted by atomic mass is 9.94. The number of ether oxygens (including phenoxy) is 2. The third kappa shape index (κ3) is 7.57. The predicted molar refractivity (Wildman–Crippen MR) is 165 cm³/mol. The number of imide groups is 1. The van der Waals surface area contributed by atoms with E-state index in [0.717, 1.165) is 19.1 Å². The van der Waals surface area contributed by atoms with E-state index < -0.39 is 72.4 Å². The van der Waals surface area contributed by atoms with Crippen molar-refractivity contribution in [3.63, 3.8) is 0 Å². The van der Waals surface area contributed by atoms with Crippen molar-refractivity contribution < 1.29 is 51.0 Å². The summed E-state index contributed by atoms with van der Waals surface area (Å²) in [6.45, 7) is 5.34. The second-order valence-electron chi connectivity index (χ2n) is 13.3. The van der Waals surface area contributed by atoms with Gasteiger partial charge in [0.2, 0.25) is 11.5 Å². The van der Waals surface area contributed by atoms with Gasteiger partial charge in [-0.25, -0.2) is 23.7 Å². The van der Waals surface area contributed by atoms with Crippen LogP contribution in [0, 0.1) is 5.82 Å². The molecule has 12 nitrogen and oxygen atoms in total. The largest absolute Gasteiger partial charge is 0.444 e. The van der Waals surface area contributed by atoms with Gasteiger partial charge in [-0.3, -0.25) is 14.5 Å². The molecule has 2 aromatic carbocycles. The molecule has 1 aliphatic carbocycles. The molecule has 1 N–H and O–H groups in total. The number of carbonyl (C=O) groups excluding carboxylic acids is 5. The number of rotatable bonds is 6. The van der Waals surface area contributed by atoms with Crippen LogP contribution in [0.2, 0.25) is 0 Å². The molecule has 2 aliphatic heterocycles. The van der Waals surface area contributed by atoms with E-state index in [9.17, 15) is 41.5 Å². The van der Waals surface area contributed by atoms with Crippen molar-refractivity contribution in [3.05, 3.63) is 65.0 Å². The summed E-state index contributed by atoms with van der Waals surface area (Å²) in [6, 6.07) is 6.48. The van der Waals surface area contributed by atoms with E-state index in [1.165, 1.54) is 34.1 Å². The van der Waals surface area contributed by atoms with Crippen LogP contribution in [0.1, 0.15) is 57.2 Å². The van der Waals surface area contributed by atoms with Gasteiger partial charge in [-0.1, -0.05) is 18.2 Å². The van der Waals surface area contributed by atoms with E-state index in [1.807, 2.05) is 0 Å². The molecule has 5 rings (SSSR count). The van der Waals surface area contributed by atoms with Crippen LogP contribution in [-0.4, -0.2) is 93.8 Å². The molecule has 3 aliphatic rings. The zero-order chi connectivity index (χ0) is 35.9. The van der Waals surface area contributed by atoms with Crippen molar-refractivity contribution in [2.45, 2.75) is 76.9 Å². The molecule has 0 bridgehead atoms. The maximum atomic E-state index is 13.7. The average Bonchev–Trinajstić information content (AvgIpc) is 3.50. The first-order valence-electron chi connectivity index (χ1n) is 15.7. The fourth-order valence-corrected chi connectivity index (χ4v) is 6.00. The summed E-state index contributed by atoms with van der Waals surface area (Å²) in [4.78, 5) is 69.4. The lowest BCUT2D eigenvalue weighted by Gasteiger charge is -2.36. The van der Waals surface area contributed by atoms with Crippen LogP contribution < -0.4 is 5.32 Å². The van der Waals surface area contributed by atoms with Gasteiger partial charge in [-0.2, -0.15) is 13.2 Å². The molecule has 0 radical (unpaired) electrons. The van der Waals surface area contributed by atoms with Gasteiger partial charge in [0.05, 0.1) is 0 Å². The number of amides is 6. The molecule has 1 spiro atoms. The Morgan fingerprint density at radius 2 is 1.71 bits per heavy atom. The van der Waals surface area contributed by atoms with Gasteiger partial charge in [-0.15, -0.1) is 0 Å². The van der Waals surface area contributed by atoms with Gasteiger partial charge in [0.1, 0.15) is 30.7 Å². The summed E-state index contributed by atoms with van der Waals surface area (Å²) in [5, 5.41) is 2.78. The number of alkyl halides is 3. The molecule has 2 aromatic rings. The van der Waals surface area contributed by atoms with Gasteiger partial charge in [0.25, 0.3) is 5.91 Å². The number of benzene rings is 2. The van der Waals surface area contributed by atoms with Crippen LogP contribution in [-0.2, 0) is 37.6 Å². The first kappa shape index (κ1) is 35.4. The zero-order valence-corrected chi connectivity index (χ0v) is 27.4. The van der Waals surface area contributed by atoms with Crippen molar-refractivity contribution >= 4 is 35.7 Å². The number of urea groups is 1. The molecule has 2 saturated heterocycles. The minimum absolute atomic E-state index is 0.0181. The Morgan fingerprint density at radius 3 is 2.37 bits per heavy atom. The number of nitrogens with zero attached hydrogens (tertiary/aromatic N) is 4. The van der Waals surface area contributed by atoms with Gasteiger partial charge < -0.3 is 24.6 Å². The van der Waals surface area contributed by atoms with E-state index >= 15 is 0 Å². The molecule has 2 fully saturated rings. The van der Waals surface area contributed by atoms with Gasteiger partial charge in [0.15, 0.2) is 0 Å². The molecule has 0 saturated carbocycles. The minimum atomic E-state index is -4.82. The van der Waals surface area contributed by atoms with E-state index in [2.05, 4.69) is 5.32 Å². The Labute approximate surface area is 279 Å². The summed E-state index contributed by atoms with van der Waals surface area (Å²) in [5.74, 6) is -2.66. The monoisotopic (exact) mass is 691 g/mol. The summed E-state index contributed by atoms with van der Waals surface area (Å²) < 4.78 is 65.6. The molecule has 0 aromatic heterocycles. The molecule has 0 unspecified atom stereocenters. The SMILES string of the molecule is C[C@H](N(Cc1ccc(F)cc1)C(=O)CN1C(=O)O[C@@]2(CCc3cc(NC(=O)N4CCCN(C(=O)OC(C)(C)C)C4)ccc32)C1=O)C(F)(F)F. The highest BCUT2D eigenvalue weighted by molar-refractivity contribution is 6.06. The van der Waals surface area contributed by atoms with Gasteiger partial charge in [0, 0.05) is 37.3 Å². The highest BCUT2D eigenvalue weighted by Crippen LogP contribution is 2.46. The molecular formula is C33H37F4N5O7. The average molecular weight is 692 g/mol. The third-order valence-corrected chi connectivity index (χ3v) is 8.57. The predicted octanol–water partition coefficient (Wildman–Crippen LogP) is 5.36. The smallest absolute Gasteiger partial charge is 0.418 e. The summed E-state index contributed by atoms with van der Waals surface area (Å²) in [6.07, 6.45) is -5.71. The second-order valence-corrected chi connectivity index (χ2v) is 13.3. The van der Waals surface area contributed by atoms with Crippen molar-refractivity contribution in [1.82, 2.24) is 19.6 Å². The Kier molecular flexibility index (Phi) is 9.54. The van der Waals surface area contributed by atoms with Crippen molar-refractivity contribution in [2.75, 3.05) is 31.6 Å². The quantitative estimate of drug-likeness (QED) is 0.404. The Bertz CT molecular complexity index is 1650. The normalized spacial score (nSPS) is 19.9. The molecule has 16 heteroatoms. The lowest BCUT2D eigenvalue weighted by Crippen LogP contribution is -2.52.